The molecule has 0 spiro atoms. The third-order valence-electron chi connectivity index (χ3n) is 9.48. The number of H-pyrrole nitrogens is 1. The number of hydrogen-bond donors (Lipinski definition) is 2. The van der Waals surface area contributed by atoms with Crippen LogP contribution in [0, 0.1) is 35.4 Å². The molecule has 3 aromatic carbocycles. The third kappa shape index (κ3) is 4.24. The lowest BCUT2D eigenvalue weighted by atomic mass is 9.68. The lowest BCUT2D eigenvalue weighted by Crippen LogP contribution is -2.42. The van der Waals surface area contributed by atoms with Crippen molar-refractivity contribution in [2.24, 2.45) is 29.6 Å². The van der Waals surface area contributed by atoms with Gasteiger partial charge in [0.05, 0.1) is 22.5 Å². The molecule has 7 atom stereocenters. The molecule has 1 aromatic heterocycles. The number of amides is 3. The van der Waals surface area contributed by atoms with E-state index in [0.29, 0.717) is 17.1 Å². The minimum atomic E-state index is -0.483. The number of nitrogens with one attached hydrogen (secondary N) is 2. The Labute approximate surface area is 259 Å². The molecule has 8 rings (SSSR count). The molecule has 2 saturated carbocycles. The van der Waals surface area contributed by atoms with Crippen LogP contribution in [0.25, 0.3) is 0 Å². The summed E-state index contributed by atoms with van der Waals surface area (Å²) in [5.74, 6) is -2.02. The second-order valence-electron chi connectivity index (χ2n) is 11.7. The minimum Gasteiger partial charge on any atom is -0.483 e. The summed E-state index contributed by atoms with van der Waals surface area (Å²) in [5, 5.41) is 3.63. The molecule has 11 heteroatoms. The van der Waals surface area contributed by atoms with Gasteiger partial charge in [0.2, 0.25) is 11.8 Å². The average Bonchev–Trinajstić information content (AvgIpc) is 3.76. The number of para-hydroxylation sites is 2. The Morgan fingerprint density at radius 1 is 0.932 bits per heavy atom. The van der Waals surface area contributed by atoms with Crippen LogP contribution < -0.4 is 19.8 Å². The molecule has 2 N–H and O–H groups in total. The fourth-order valence-corrected chi connectivity index (χ4v) is 10.8. The van der Waals surface area contributed by atoms with Crippen LogP contribution in [-0.4, -0.2) is 34.6 Å². The maximum absolute atomic E-state index is 13.9. The number of benzene rings is 3. The molecule has 4 unspecified atom stereocenters. The molecule has 2 bridgehead atoms. The molecule has 222 valence electrons. The maximum atomic E-state index is 13.9. The smallest absolute Gasteiger partial charge is 0.305 e. The summed E-state index contributed by atoms with van der Waals surface area (Å²) in [6, 6.07) is 22.2. The molecule has 8 nitrogen and oxygen atoms in total. The number of rotatable bonds is 6. The number of carbonyl (C=O) groups is 3. The van der Waals surface area contributed by atoms with Crippen molar-refractivity contribution in [3.63, 3.8) is 0 Å². The van der Waals surface area contributed by atoms with Crippen LogP contribution in [0.2, 0.25) is 0 Å². The van der Waals surface area contributed by atoms with Gasteiger partial charge in [0.1, 0.15) is 11.6 Å². The van der Waals surface area contributed by atoms with Crippen molar-refractivity contribution in [2.75, 3.05) is 16.8 Å². The summed E-state index contributed by atoms with van der Waals surface area (Å²) < 4.78 is 19.8. The van der Waals surface area contributed by atoms with Gasteiger partial charge >= 0.3 is 4.87 Å². The Morgan fingerprint density at radius 3 is 2.41 bits per heavy atom. The summed E-state index contributed by atoms with van der Waals surface area (Å²) >= 11 is 2.77. The summed E-state index contributed by atoms with van der Waals surface area (Å²) in [7, 11) is 0. The number of carbonyl (C=O) groups excluding carboxylic acids is 3. The monoisotopic (exact) mass is 627 g/mol. The molecule has 2 aliphatic heterocycles. The highest BCUT2D eigenvalue weighted by Gasteiger charge is 2.69. The third-order valence-corrected chi connectivity index (χ3v) is 12.1. The summed E-state index contributed by atoms with van der Waals surface area (Å²) in [6.45, 7) is -0.200. The minimum absolute atomic E-state index is 0.00310. The Balaban J connectivity index is 1.13. The van der Waals surface area contributed by atoms with E-state index in [9.17, 15) is 23.6 Å². The molecule has 1 saturated heterocycles. The van der Waals surface area contributed by atoms with Crippen molar-refractivity contribution in [3.05, 3.63) is 105 Å². The van der Waals surface area contributed by atoms with Crippen molar-refractivity contribution in [3.8, 4) is 5.75 Å². The van der Waals surface area contributed by atoms with Crippen LogP contribution in [0.4, 0.5) is 15.8 Å². The van der Waals surface area contributed by atoms with Crippen LogP contribution in [0.1, 0.15) is 22.8 Å². The molecular weight excluding hydrogens is 602 g/mol. The van der Waals surface area contributed by atoms with Crippen molar-refractivity contribution < 1.29 is 23.5 Å². The van der Waals surface area contributed by atoms with Crippen molar-refractivity contribution >= 4 is 52.2 Å². The number of anilines is 2. The van der Waals surface area contributed by atoms with Gasteiger partial charge in [0.25, 0.3) is 5.91 Å². The first-order valence-corrected chi connectivity index (χ1v) is 16.2. The van der Waals surface area contributed by atoms with E-state index in [-0.39, 0.29) is 58.1 Å². The van der Waals surface area contributed by atoms with Gasteiger partial charge in [0.15, 0.2) is 6.61 Å². The van der Waals surface area contributed by atoms with Crippen molar-refractivity contribution in [1.82, 2.24) is 4.98 Å². The van der Waals surface area contributed by atoms with Crippen LogP contribution in [0.3, 0.4) is 0 Å². The first kappa shape index (κ1) is 27.3. The molecule has 3 fully saturated rings. The second-order valence-corrected chi connectivity index (χ2v) is 13.9. The molecule has 4 aliphatic rings. The van der Waals surface area contributed by atoms with E-state index in [1.54, 1.807) is 23.9 Å². The van der Waals surface area contributed by atoms with Gasteiger partial charge in [0, 0.05) is 27.3 Å². The Hall–Kier alpha value is -4.22. The lowest BCUT2D eigenvalue weighted by molar-refractivity contribution is -0.123. The van der Waals surface area contributed by atoms with Gasteiger partial charge in [-0.2, -0.15) is 0 Å². The van der Waals surface area contributed by atoms with Gasteiger partial charge < -0.3 is 15.0 Å². The quantitative estimate of drug-likeness (QED) is 0.282. The predicted molar refractivity (Wildman–Crippen MR) is 164 cm³/mol. The van der Waals surface area contributed by atoms with E-state index in [1.807, 2.05) is 42.5 Å². The molecular formula is C33H26FN3O5S2. The van der Waals surface area contributed by atoms with Crippen molar-refractivity contribution in [1.29, 1.82) is 0 Å². The molecule has 2 aliphatic carbocycles. The topological polar surface area (TPSA) is 109 Å². The highest BCUT2D eigenvalue weighted by atomic mass is 32.2. The van der Waals surface area contributed by atoms with E-state index in [2.05, 4.69) is 10.3 Å². The van der Waals surface area contributed by atoms with E-state index < -0.39 is 17.7 Å². The Morgan fingerprint density at radius 2 is 1.64 bits per heavy atom. The SMILES string of the molecule is O=C(COc1ccccc1[C@H]1c2sc(=O)[nH]c2SC2C1[C@H]1C[C@@H]2C2C(=O)N(c3ccc(F)cc3)C(=O)C21)Nc1ccccc1. The van der Waals surface area contributed by atoms with E-state index in [4.69, 9.17) is 4.74 Å². The molecule has 0 radical (unpaired) electrons. The largest absolute Gasteiger partial charge is 0.483 e. The number of fused-ring (bicyclic) bond motifs is 9. The van der Waals surface area contributed by atoms with E-state index >= 15 is 0 Å². The fourth-order valence-electron chi connectivity index (χ4n) is 7.94. The predicted octanol–water partition coefficient (Wildman–Crippen LogP) is 5.27. The Kier molecular flexibility index (Phi) is 6.49. The number of aromatic nitrogens is 1. The van der Waals surface area contributed by atoms with Crippen LogP contribution in [0.5, 0.6) is 5.75 Å². The number of halogens is 1. The zero-order chi connectivity index (χ0) is 30.1. The Bertz CT molecular complexity index is 1860. The van der Waals surface area contributed by atoms with Gasteiger partial charge in [-0.15, -0.1) is 11.8 Å². The zero-order valence-corrected chi connectivity index (χ0v) is 24.8. The van der Waals surface area contributed by atoms with Gasteiger partial charge in [-0.1, -0.05) is 47.7 Å². The second kappa shape index (κ2) is 10.4. The standard InChI is InChI=1S/C33H26FN3O5S2/c34-16-10-12-18(13-11-16)37-31(39)26-20-14-21(27(26)32(37)40)28-25(20)24(29-30(43-28)36-33(41)44-29)19-8-4-5-9-22(19)42-15-23(38)35-17-6-2-1-3-7-17/h1-13,20-21,24-28H,14-15H2,(H,35,38)(H,36,41)/t20-,21-,24-,25?,26?,27?,28?/m1/s1. The molecule has 44 heavy (non-hydrogen) atoms. The summed E-state index contributed by atoms with van der Waals surface area (Å²) in [4.78, 5) is 58.1. The number of hydrogen-bond acceptors (Lipinski definition) is 7. The number of imide groups is 1. The van der Waals surface area contributed by atoms with Gasteiger partial charge in [-0.05, 0) is 66.6 Å². The normalized spacial score (nSPS) is 28.0. The highest BCUT2D eigenvalue weighted by Crippen LogP contribution is 2.69. The fraction of sp³-hybridized carbons (Fsp3) is 0.273. The van der Waals surface area contributed by atoms with Crippen LogP contribution in [-0.2, 0) is 14.4 Å². The molecule has 4 aromatic rings. The number of nitrogens with zero attached hydrogens (tertiary/aromatic N) is 1. The van der Waals surface area contributed by atoms with Gasteiger partial charge in [-0.3, -0.25) is 24.1 Å². The van der Waals surface area contributed by atoms with E-state index in [1.165, 1.54) is 40.5 Å². The highest BCUT2D eigenvalue weighted by molar-refractivity contribution is 8.00. The molecule has 3 amide bonds. The summed E-state index contributed by atoms with van der Waals surface area (Å²) in [6.07, 6.45) is 0.741. The lowest BCUT2D eigenvalue weighted by Gasteiger charge is -2.43. The number of ether oxygens (including phenoxy) is 1. The van der Waals surface area contributed by atoms with Crippen LogP contribution >= 0.6 is 23.1 Å². The molecule has 3 heterocycles. The number of thiazole rings is 1. The maximum Gasteiger partial charge on any atom is 0.305 e. The van der Waals surface area contributed by atoms with Crippen molar-refractivity contribution in [2.45, 2.75) is 22.6 Å². The number of aromatic amines is 1. The number of thioether (sulfide) groups is 1. The average molecular weight is 628 g/mol. The van der Waals surface area contributed by atoms with E-state index in [0.717, 1.165) is 21.9 Å². The van der Waals surface area contributed by atoms with Gasteiger partial charge in [-0.25, -0.2) is 4.39 Å². The first-order chi connectivity index (χ1) is 21.4. The first-order valence-electron chi connectivity index (χ1n) is 14.5. The van der Waals surface area contributed by atoms with Crippen LogP contribution in [0.15, 0.2) is 88.7 Å². The zero-order valence-electron chi connectivity index (χ0n) is 23.1. The summed E-state index contributed by atoms with van der Waals surface area (Å²) in [5.41, 5.74) is 1.91.